The van der Waals surface area contributed by atoms with Crippen LogP contribution in [-0.4, -0.2) is 17.8 Å². The van der Waals surface area contributed by atoms with Gasteiger partial charge in [0.1, 0.15) is 12.4 Å². The van der Waals surface area contributed by atoms with Crippen molar-refractivity contribution in [3.8, 4) is 11.5 Å². The fourth-order valence-electron chi connectivity index (χ4n) is 4.02. The molecule has 33 heavy (non-hydrogen) atoms. The highest BCUT2D eigenvalue weighted by molar-refractivity contribution is 6.03. The average molecular weight is 436 g/mol. The van der Waals surface area contributed by atoms with Crippen molar-refractivity contribution in [3.05, 3.63) is 120 Å². The molecule has 1 aliphatic heterocycles. The van der Waals surface area contributed by atoms with Crippen molar-refractivity contribution in [3.63, 3.8) is 0 Å². The normalized spacial score (nSPS) is 15.2. The lowest BCUT2D eigenvalue weighted by molar-refractivity contribution is 0.284. The molecule has 1 atom stereocenters. The molecule has 0 saturated carbocycles. The number of pyridine rings is 1. The number of ether oxygens (including phenoxy) is 2. The molecule has 5 nitrogen and oxygen atoms in total. The van der Waals surface area contributed by atoms with Gasteiger partial charge in [-0.05, 0) is 41.0 Å². The molecule has 1 aromatic heterocycles. The van der Waals surface area contributed by atoms with Crippen molar-refractivity contribution in [2.24, 2.45) is 5.10 Å². The number of nitrogens with zero attached hydrogens (tertiary/aromatic N) is 3. The first-order valence-electron chi connectivity index (χ1n) is 11.0. The van der Waals surface area contributed by atoms with E-state index < -0.39 is 0 Å². The maximum Gasteiger partial charge on any atom is 0.161 e. The Labute approximate surface area is 193 Å². The Morgan fingerprint density at radius 3 is 2.33 bits per heavy atom. The number of rotatable bonds is 7. The van der Waals surface area contributed by atoms with Gasteiger partial charge < -0.3 is 9.47 Å². The van der Waals surface area contributed by atoms with Gasteiger partial charge in [-0.15, -0.1) is 0 Å². The number of hydrogen-bond donors (Lipinski definition) is 0. The van der Waals surface area contributed by atoms with E-state index in [4.69, 9.17) is 14.6 Å². The number of hydrogen-bond acceptors (Lipinski definition) is 5. The molecule has 164 valence electrons. The lowest BCUT2D eigenvalue weighted by atomic mass is 9.98. The smallest absolute Gasteiger partial charge is 0.161 e. The zero-order valence-electron chi connectivity index (χ0n) is 18.5. The summed E-state index contributed by atoms with van der Waals surface area (Å²) in [6.45, 7) is 0.487. The van der Waals surface area contributed by atoms with Gasteiger partial charge in [-0.1, -0.05) is 72.8 Å². The molecule has 0 bridgehead atoms. The summed E-state index contributed by atoms with van der Waals surface area (Å²) in [6, 6.07) is 32.4. The van der Waals surface area contributed by atoms with Crippen molar-refractivity contribution >= 4 is 11.5 Å². The van der Waals surface area contributed by atoms with E-state index in [1.807, 2.05) is 83.9 Å². The summed E-state index contributed by atoms with van der Waals surface area (Å²) in [5.41, 5.74) is 4.37. The van der Waals surface area contributed by atoms with E-state index in [-0.39, 0.29) is 6.04 Å². The zero-order valence-corrected chi connectivity index (χ0v) is 18.5. The predicted octanol–water partition coefficient (Wildman–Crippen LogP) is 6.02. The van der Waals surface area contributed by atoms with E-state index in [1.54, 1.807) is 13.3 Å². The summed E-state index contributed by atoms with van der Waals surface area (Å²) in [5.74, 6) is 2.24. The van der Waals surface area contributed by atoms with Gasteiger partial charge in [0.25, 0.3) is 0 Å². The van der Waals surface area contributed by atoms with Gasteiger partial charge in [-0.3, -0.25) is 0 Å². The number of anilines is 1. The van der Waals surface area contributed by atoms with Crippen LogP contribution in [0.15, 0.2) is 108 Å². The second kappa shape index (κ2) is 9.57. The van der Waals surface area contributed by atoms with E-state index in [0.29, 0.717) is 12.4 Å². The molecule has 2 heterocycles. The Balaban J connectivity index is 1.44. The van der Waals surface area contributed by atoms with E-state index >= 15 is 0 Å². The van der Waals surface area contributed by atoms with Crippen LogP contribution < -0.4 is 14.5 Å². The van der Waals surface area contributed by atoms with Gasteiger partial charge in [-0.2, -0.15) is 5.10 Å². The fourth-order valence-corrected chi connectivity index (χ4v) is 4.02. The second-order valence-electron chi connectivity index (χ2n) is 7.85. The molecule has 5 rings (SSSR count). The second-order valence-corrected chi connectivity index (χ2v) is 7.85. The quantitative estimate of drug-likeness (QED) is 0.356. The number of benzene rings is 3. The van der Waals surface area contributed by atoms with E-state index in [0.717, 1.165) is 40.4 Å². The highest BCUT2D eigenvalue weighted by Crippen LogP contribution is 2.39. The van der Waals surface area contributed by atoms with Crippen LogP contribution in [0.25, 0.3) is 0 Å². The van der Waals surface area contributed by atoms with E-state index in [1.165, 1.54) is 0 Å². The van der Waals surface area contributed by atoms with Crippen molar-refractivity contribution < 1.29 is 9.47 Å². The van der Waals surface area contributed by atoms with Gasteiger partial charge in [0.2, 0.25) is 0 Å². The van der Waals surface area contributed by atoms with Gasteiger partial charge in [-0.25, -0.2) is 9.99 Å². The molecule has 1 unspecified atom stereocenters. The van der Waals surface area contributed by atoms with Crippen LogP contribution in [0.3, 0.4) is 0 Å². The lowest BCUT2D eigenvalue weighted by Gasteiger charge is -2.23. The molecule has 1 aliphatic rings. The minimum Gasteiger partial charge on any atom is -0.493 e. The Hall–Kier alpha value is -4.12. The van der Waals surface area contributed by atoms with E-state index in [9.17, 15) is 0 Å². The molecule has 4 aromatic rings. The number of methoxy groups -OCH3 is 1. The SMILES string of the molecule is COc1cc(C2CC(c3ccccc3)=NN2c2ccccn2)ccc1OCc1ccccc1. The molecular formula is C28H25N3O2. The summed E-state index contributed by atoms with van der Waals surface area (Å²) >= 11 is 0. The fraction of sp³-hybridized carbons (Fsp3) is 0.143. The molecule has 0 saturated heterocycles. The standard InChI is InChI=1S/C28H25N3O2/c1-32-27-18-23(15-16-26(27)33-20-21-10-4-2-5-11-21)25-19-24(22-12-6-3-7-13-22)30-31(25)28-14-8-9-17-29-28/h2-18,25H,19-20H2,1H3. The maximum atomic E-state index is 6.05. The topological polar surface area (TPSA) is 47.0 Å². The first-order chi connectivity index (χ1) is 16.3. The third-order valence-electron chi connectivity index (χ3n) is 5.71. The molecule has 5 heteroatoms. The van der Waals surface area contributed by atoms with Gasteiger partial charge in [0.15, 0.2) is 11.5 Å². The molecule has 0 amide bonds. The number of hydrazone groups is 1. The van der Waals surface area contributed by atoms with Crippen LogP contribution in [0, 0.1) is 0 Å². The average Bonchev–Trinajstić information content (AvgIpc) is 3.35. The van der Waals surface area contributed by atoms with Gasteiger partial charge >= 0.3 is 0 Å². The highest BCUT2D eigenvalue weighted by atomic mass is 16.5. The van der Waals surface area contributed by atoms with Crippen molar-refractivity contribution in [2.75, 3.05) is 12.1 Å². The van der Waals surface area contributed by atoms with Crippen LogP contribution >= 0.6 is 0 Å². The minimum absolute atomic E-state index is 0.00665. The first-order valence-corrected chi connectivity index (χ1v) is 11.0. The highest BCUT2D eigenvalue weighted by Gasteiger charge is 2.31. The molecule has 0 N–H and O–H groups in total. The lowest BCUT2D eigenvalue weighted by Crippen LogP contribution is -2.19. The van der Waals surface area contributed by atoms with Crippen molar-refractivity contribution in [2.45, 2.75) is 19.1 Å². The van der Waals surface area contributed by atoms with Crippen LogP contribution in [-0.2, 0) is 6.61 Å². The molecule has 0 fully saturated rings. The Bertz CT molecular complexity index is 1230. The maximum absolute atomic E-state index is 6.05. The first kappa shape index (κ1) is 20.8. The minimum atomic E-state index is 0.00665. The number of aromatic nitrogens is 1. The monoisotopic (exact) mass is 435 g/mol. The zero-order chi connectivity index (χ0) is 22.5. The summed E-state index contributed by atoms with van der Waals surface area (Å²) in [7, 11) is 1.67. The third-order valence-corrected chi connectivity index (χ3v) is 5.71. The summed E-state index contributed by atoms with van der Waals surface area (Å²) in [5, 5.41) is 6.96. The van der Waals surface area contributed by atoms with Crippen LogP contribution in [0.4, 0.5) is 5.82 Å². The molecule has 0 radical (unpaired) electrons. The van der Waals surface area contributed by atoms with Gasteiger partial charge in [0, 0.05) is 12.6 Å². The Kier molecular flexibility index (Phi) is 6.02. The Morgan fingerprint density at radius 2 is 1.61 bits per heavy atom. The molecular weight excluding hydrogens is 410 g/mol. The van der Waals surface area contributed by atoms with Crippen LogP contribution in [0.5, 0.6) is 11.5 Å². The van der Waals surface area contributed by atoms with Crippen molar-refractivity contribution in [1.82, 2.24) is 4.98 Å². The third kappa shape index (κ3) is 4.58. The van der Waals surface area contributed by atoms with Crippen LogP contribution in [0.1, 0.15) is 29.2 Å². The van der Waals surface area contributed by atoms with Crippen molar-refractivity contribution in [1.29, 1.82) is 0 Å². The van der Waals surface area contributed by atoms with E-state index in [2.05, 4.69) is 23.2 Å². The largest absolute Gasteiger partial charge is 0.493 e. The Morgan fingerprint density at radius 1 is 0.848 bits per heavy atom. The molecule has 0 spiro atoms. The van der Waals surface area contributed by atoms with Crippen LogP contribution in [0.2, 0.25) is 0 Å². The summed E-state index contributed by atoms with van der Waals surface area (Å²) < 4.78 is 11.7. The van der Waals surface area contributed by atoms with Gasteiger partial charge in [0.05, 0.1) is 18.9 Å². The molecule has 3 aromatic carbocycles. The molecule has 0 aliphatic carbocycles. The predicted molar refractivity (Wildman–Crippen MR) is 131 cm³/mol. The summed E-state index contributed by atoms with van der Waals surface area (Å²) in [6.07, 6.45) is 2.57. The summed E-state index contributed by atoms with van der Waals surface area (Å²) in [4.78, 5) is 4.55.